The summed E-state index contributed by atoms with van der Waals surface area (Å²) in [5.41, 5.74) is 8.47. The van der Waals surface area contributed by atoms with Crippen molar-refractivity contribution in [2.24, 2.45) is 7.05 Å². The first-order valence-electron chi connectivity index (χ1n) is 6.60. The van der Waals surface area contributed by atoms with Gasteiger partial charge in [0.05, 0.1) is 21.7 Å². The lowest BCUT2D eigenvalue weighted by Gasteiger charge is -2.11. The minimum Gasteiger partial charge on any atom is -0.398 e. The molecule has 22 heavy (non-hydrogen) atoms. The van der Waals surface area contributed by atoms with Gasteiger partial charge in [-0.1, -0.05) is 6.07 Å². The molecule has 3 rings (SSSR count). The highest BCUT2D eigenvalue weighted by Gasteiger charge is 2.22. The summed E-state index contributed by atoms with van der Waals surface area (Å²) >= 11 is 3.45. The predicted molar refractivity (Wildman–Crippen MR) is 87.4 cm³/mol. The number of benzene rings is 2. The lowest BCUT2D eigenvalue weighted by molar-refractivity contribution is 0.103. The second kappa shape index (κ2) is 5.21. The Bertz CT molecular complexity index is 917. The van der Waals surface area contributed by atoms with E-state index in [-0.39, 0.29) is 5.78 Å². The molecule has 6 heteroatoms. The summed E-state index contributed by atoms with van der Waals surface area (Å²) in [6, 6.07) is 5.84. The first-order chi connectivity index (χ1) is 10.4. The number of aryl methyl sites for hydroxylation is 2. The third kappa shape index (κ3) is 2.20. The molecule has 2 N–H and O–H groups in total. The van der Waals surface area contributed by atoms with E-state index in [9.17, 15) is 9.18 Å². The van der Waals surface area contributed by atoms with Crippen molar-refractivity contribution in [1.82, 2.24) is 9.78 Å². The highest BCUT2D eigenvalue weighted by molar-refractivity contribution is 9.10. The van der Waals surface area contributed by atoms with Gasteiger partial charge in [-0.2, -0.15) is 5.10 Å². The minimum absolute atomic E-state index is 0.300. The predicted octanol–water partition coefficient (Wildman–Crippen LogP) is 3.60. The molecule has 0 saturated carbocycles. The van der Waals surface area contributed by atoms with Crippen LogP contribution in [0.4, 0.5) is 10.1 Å². The summed E-state index contributed by atoms with van der Waals surface area (Å²) in [5, 5.41) is 5.00. The van der Waals surface area contributed by atoms with E-state index >= 15 is 0 Å². The smallest absolute Gasteiger partial charge is 0.196 e. The molecule has 0 bridgehead atoms. The molecule has 0 unspecified atom stereocenters. The van der Waals surface area contributed by atoms with E-state index in [0.29, 0.717) is 26.9 Å². The summed E-state index contributed by atoms with van der Waals surface area (Å²) in [4.78, 5) is 12.8. The number of carbonyl (C=O) groups excluding carboxylic acids is 1. The average Bonchev–Trinajstić information content (AvgIpc) is 2.82. The van der Waals surface area contributed by atoms with E-state index in [1.807, 2.05) is 0 Å². The van der Waals surface area contributed by atoms with E-state index in [1.54, 1.807) is 37.0 Å². The van der Waals surface area contributed by atoms with Crippen LogP contribution < -0.4 is 5.73 Å². The number of nitrogen functional groups attached to an aromatic ring is 1. The third-order valence-electron chi connectivity index (χ3n) is 3.67. The molecule has 0 aliphatic heterocycles. The molecular weight excluding hydrogens is 349 g/mol. The molecule has 0 spiro atoms. The van der Waals surface area contributed by atoms with Crippen LogP contribution in [0.25, 0.3) is 10.9 Å². The van der Waals surface area contributed by atoms with Gasteiger partial charge in [0.1, 0.15) is 5.82 Å². The Kier molecular flexibility index (Phi) is 3.48. The monoisotopic (exact) mass is 361 g/mol. The van der Waals surface area contributed by atoms with Gasteiger partial charge in [0.25, 0.3) is 0 Å². The fourth-order valence-electron chi connectivity index (χ4n) is 2.52. The molecule has 1 heterocycles. The van der Waals surface area contributed by atoms with Gasteiger partial charge in [-0.3, -0.25) is 9.48 Å². The topological polar surface area (TPSA) is 60.9 Å². The number of rotatable bonds is 2. The maximum Gasteiger partial charge on any atom is 0.196 e. The van der Waals surface area contributed by atoms with Crippen LogP contribution in [0.5, 0.6) is 0 Å². The van der Waals surface area contributed by atoms with E-state index in [4.69, 9.17) is 5.73 Å². The van der Waals surface area contributed by atoms with Crippen LogP contribution in [0.3, 0.4) is 0 Å². The van der Waals surface area contributed by atoms with Crippen molar-refractivity contribution in [3.8, 4) is 0 Å². The number of anilines is 1. The molecule has 3 aromatic rings. The number of fused-ring (bicyclic) bond motifs is 1. The average molecular weight is 362 g/mol. The van der Waals surface area contributed by atoms with Gasteiger partial charge in [0.2, 0.25) is 0 Å². The van der Waals surface area contributed by atoms with Gasteiger partial charge < -0.3 is 5.73 Å². The number of carbonyl (C=O) groups is 1. The van der Waals surface area contributed by atoms with Gasteiger partial charge in [-0.05, 0) is 46.6 Å². The maximum absolute atomic E-state index is 13.5. The molecule has 1 aromatic heterocycles. The summed E-state index contributed by atoms with van der Waals surface area (Å²) in [7, 11) is 1.78. The van der Waals surface area contributed by atoms with Crippen LogP contribution in [0.15, 0.2) is 34.9 Å². The lowest BCUT2D eigenvalue weighted by atomic mass is 9.97. The normalized spacial score (nSPS) is 11.1. The number of ketones is 1. The standard InChI is InChI=1S/C16H13BrFN3O/c1-8-3-4-10(18)6-11(8)16(22)13-12(19)5-9-7-20-21(2)15(9)14(13)17/h3-7H,19H2,1-2H3. The summed E-state index contributed by atoms with van der Waals surface area (Å²) in [6.45, 7) is 1.76. The zero-order chi connectivity index (χ0) is 16.0. The SMILES string of the molecule is Cc1ccc(F)cc1C(=O)c1c(N)cc2cnn(C)c2c1Br. The number of hydrogen-bond acceptors (Lipinski definition) is 3. The van der Waals surface area contributed by atoms with Crippen molar-refractivity contribution in [3.63, 3.8) is 0 Å². The zero-order valence-electron chi connectivity index (χ0n) is 12.0. The fraction of sp³-hybridized carbons (Fsp3) is 0.125. The molecule has 112 valence electrons. The number of nitrogens with zero attached hydrogens (tertiary/aromatic N) is 2. The van der Waals surface area contributed by atoms with Crippen molar-refractivity contribution in [2.75, 3.05) is 5.73 Å². The first-order valence-corrected chi connectivity index (χ1v) is 7.40. The quantitative estimate of drug-likeness (QED) is 0.560. The molecule has 0 saturated heterocycles. The van der Waals surface area contributed by atoms with E-state index < -0.39 is 5.82 Å². The van der Waals surface area contributed by atoms with Gasteiger partial charge >= 0.3 is 0 Å². The number of hydrogen-bond donors (Lipinski definition) is 1. The Morgan fingerprint density at radius 3 is 2.82 bits per heavy atom. The van der Waals surface area contributed by atoms with Crippen LogP contribution in [-0.2, 0) is 7.05 Å². The van der Waals surface area contributed by atoms with Crippen LogP contribution in [0, 0.1) is 12.7 Å². The van der Waals surface area contributed by atoms with Crippen LogP contribution >= 0.6 is 15.9 Å². The zero-order valence-corrected chi connectivity index (χ0v) is 13.6. The van der Waals surface area contributed by atoms with E-state index in [2.05, 4.69) is 21.0 Å². The van der Waals surface area contributed by atoms with Crippen molar-refractivity contribution < 1.29 is 9.18 Å². The van der Waals surface area contributed by atoms with E-state index in [1.165, 1.54) is 12.1 Å². The molecular formula is C16H13BrFN3O. The number of aromatic nitrogens is 2. The van der Waals surface area contributed by atoms with Crippen molar-refractivity contribution in [1.29, 1.82) is 0 Å². The van der Waals surface area contributed by atoms with Crippen LogP contribution in [0.1, 0.15) is 21.5 Å². The summed E-state index contributed by atoms with van der Waals surface area (Å²) < 4.78 is 15.7. The largest absolute Gasteiger partial charge is 0.398 e. The van der Waals surface area contributed by atoms with E-state index in [0.717, 1.165) is 10.9 Å². The van der Waals surface area contributed by atoms with Gasteiger partial charge in [0, 0.05) is 23.7 Å². The first kappa shape index (κ1) is 14.7. The van der Waals surface area contributed by atoms with Gasteiger partial charge in [-0.15, -0.1) is 0 Å². The van der Waals surface area contributed by atoms with Gasteiger partial charge in [0.15, 0.2) is 5.78 Å². The molecule has 0 fully saturated rings. The number of nitrogens with two attached hydrogens (primary N) is 1. The molecule has 4 nitrogen and oxygen atoms in total. The highest BCUT2D eigenvalue weighted by Crippen LogP contribution is 2.34. The van der Waals surface area contributed by atoms with Crippen molar-refractivity contribution in [2.45, 2.75) is 6.92 Å². The second-order valence-corrected chi connectivity index (χ2v) is 5.94. The second-order valence-electron chi connectivity index (χ2n) is 5.15. The maximum atomic E-state index is 13.5. The Balaban J connectivity index is 2.27. The molecule has 0 radical (unpaired) electrons. The lowest BCUT2D eigenvalue weighted by Crippen LogP contribution is -2.09. The Morgan fingerprint density at radius 1 is 1.36 bits per heavy atom. The van der Waals surface area contributed by atoms with Crippen LogP contribution in [0.2, 0.25) is 0 Å². The summed E-state index contributed by atoms with van der Waals surface area (Å²) in [5.74, 6) is -0.769. The molecule has 0 aliphatic carbocycles. The van der Waals surface area contributed by atoms with Crippen molar-refractivity contribution >= 4 is 38.3 Å². The third-order valence-corrected chi connectivity index (χ3v) is 4.44. The van der Waals surface area contributed by atoms with Crippen LogP contribution in [-0.4, -0.2) is 15.6 Å². The Labute approximate surface area is 134 Å². The number of halogens is 2. The Morgan fingerprint density at radius 2 is 2.09 bits per heavy atom. The molecule has 0 atom stereocenters. The molecule has 0 aliphatic rings. The minimum atomic E-state index is -0.453. The summed E-state index contributed by atoms with van der Waals surface area (Å²) in [6.07, 6.45) is 1.68. The van der Waals surface area contributed by atoms with Crippen molar-refractivity contribution in [3.05, 3.63) is 57.4 Å². The molecule has 0 amide bonds. The fourth-order valence-corrected chi connectivity index (χ4v) is 3.41. The highest BCUT2D eigenvalue weighted by atomic mass is 79.9. The molecule has 2 aromatic carbocycles. The van der Waals surface area contributed by atoms with Gasteiger partial charge in [-0.25, -0.2) is 4.39 Å². The Hall–Kier alpha value is -2.21.